The largest absolute Gasteiger partial charge is 0.497 e. The zero-order valence-electron chi connectivity index (χ0n) is 17.2. The predicted molar refractivity (Wildman–Crippen MR) is 109 cm³/mol. The fourth-order valence-corrected chi connectivity index (χ4v) is 4.64. The molecular formula is C22H25FN4O3. The van der Waals surface area contributed by atoms with E-state index in [1.165, 1.54) is 19.2 Å². The SMILES string of the molecule is COc1cc(F)cc(N2CC[C@]3(CCC[C@H](NC(=O)c4ccnc(C)n4)C3)C2=O)c1. The topological polar surface area (TPSA) is 84.4 Å². The summed E-state index contributed by atoms with van der Waals surface area (Å²) in [6, 6.07) is 5.81. The molecule has 1 saturated carbocycles. The van der Waals surface area contributed by atoms with Crippen LogP contribution in [0.4, 0.5) is 10.1 Å². The van der Waals surface area contributed by atoms with Crippen molar-refractivity contribution in [2.24, 2.45) is 5.41 Å². The predicted octanol–water partition coefficient (Wildman–Crippen LogP) is 3.03. The molecule has 1 aromatic heterocycles. The Kier molecular flexibility index (Phi) is 5.40. The van der Waals surface area contributed by atoms with Gasteiger partial charge < -0.3 is 15.0 Å². The summed E-state index contributed by atoms with van der Waals surface area (Å²) in [5, 5.41) is 3.04. The first-order chi connectivity index (χ1) is 14.4. The Morgan fingerprint density at radius 1 is 1.33 bits per heavy atom. The van der Waals surface area contributed by atoms with Crippen LogP contribution in [-0.2, 0) is 4.79 Å². The minimum Gasteiger partial charge on any atom is -0.497 e. The molecule has 2 aromatic rings. The highest BCUT2D eigenvalue weighted by atomic mass is 19.1. The van der Waals surface area contributed by atoms with E-state index in [4.69, 9.17) is 4.74 Å². The average molecular weight is 412 g/mol. The lowest BCUT2D eigenvalue weighted by molar-refractivity contribution is -0.127. The maximum absolute atomic E-state index is 13.9. The average Bonchev–Trinajstić information content (AvgIpc) is 3.03. The molecule has 2 amide bonds. The molecule has 1 N–H and O–H groups in total. The van der Waals surface area contributed by atoms with Gasteiger partial charge >= 0.3 is 0 Å². The van der Waals surface area contributed by atoms with Crippen molar-refractivity contribution < 1.29 is 18.7 Å². The third kappa shape index (κ3) is 3.86. The van der Waals surface area contributed by atoms with Crippen LogP contribution in [0.5, 0.6) is 5.75 Å². The van der Waals surface area contributed by atoms with Crippen molar-refractivity contribution in [1.82, 2.24) is 15.3 Å². The number of aromatic nitrogens is 2. The summed E-state index contributed by atoms with van der Waals surface area (Å²) in [6.45, 7) is 2.26. The van der Waals surface area contributed by atoms with E-state index < -0.39 is 11.2 Å². The standard InChI is InChI=1S/C22H25FN4O3/c1-14-24-8-5-19(25-14)20(28)26-16-4-3-6-22(13-16)7-9-27(21(22)29)17-10-15(23)11-18(12-17)30-2/h5,8,10-12,16H,3-4,6-7,9,13H2,1-2H3,(H,26,28)/t16-,22-/m0/s1. The minimum atomic E-state index is -0.530. The molecule has 0 unspecified atom stereocenters. The summed E-state index contributed by atoms with van der Waals surface area (Å²) < 4.78 is 19.1. The maximum Gasteiger partial charge on any atom is 0.270 e. The molecule has 0 bridgehead atoms. The van der Waals surface area contributed by atoms with Crippen LogP contribution in [0.2, 0.25) is 0 Å². The van der Waals surface area contributed by atoms with Gasteiger partial charge in [0.15, 0.2) is 0 Å². The monoisotopic (exact) mass is 412 g/mol. The number of halogens is 1. The number of amides is 2. The van der Waals surface area contributed by atoms with Gasteiger partial charge in [-0.1, -0.05) is 6.42 Å². The van der Waals surface area contributed by atoms with Crippen molar-refractivity contribution in [3.8, 4) is 5.75 Å². The molecule has 1 aliphatic heterocycles. The van der Waals surface area contributed by atoms with Gasteiger partial charge in [-0.3, -0.25) is 9.59 Å². The Morgan fingerprint density at radius 2 is 2.17 bits per heavy atom. The Morgan fingerprint density at radius 3 is 2.93 bits per heavy atom. The summed E-state index contributed by atoms with van der Waals surface area (Å²) in [4.78, 5) is 35.8. The molecule has 158 valence electrons. The smallest absolute Gasteiger partial charge is 0.270 e. The van der Waals surface area contributed by atoms with Crippen molar-refractivity contribution in [2.45, 2.75) is 45.1 Å². The normalized spacial score (nSPS) is 23.6. The van der Waals surface area contributed by atoms with Crippen molar-refractivity contribution in [3.63, 3.8) is 0 Å². The first-order valence-corrected chi connectivity index (χ1v) is 10.2. The maximum atomic E-state index is 13.9. The third-order valence-electron chi connectivity index (χ3n) is 6.11. The van der Waals surface area contributed by atoms with E-state index in [1.54, 1.807) is 30.2 Å². The minimum absolute atomic E-state index is 0.00742. The van der Waals surface area contributed by atoms with Gasteiger partial charge in [0.1, 0.15) is 23.1 Å². The number of anilines is 1. The lowest BCUT2D eigenvalue weighted by Crippen LogP contribution is -2.46. The quantitative estimate of drug-likeness (QED) is 0.835. The molecule has 2 aliphatic rings. The third-order valence-corrected chi connectivity index (χ3v) is 6.11. The van der Waals surface area contributed by atoms with Crippen LogP contribution in [0.15, 0.2) is 30.5 Å². The number of rotatable bonds is 4. The molecule has 8 heteroatoms. The van der Waals surface area contributed by atoms with Crippen molar-refractivity contribution >= 4 is 17.5 Å². The van der Waals surface area contributed by atoms with Gasteiger partial charge in [0, 0.05) is 30.9 Å². The van der Waals surface area contributed by atoms with Gasteiger partial charge in [-0.25, -0.2) is 14.4 Å². The summed E-state index contributed by atoms with van der Waals surface area (Å²) in [5.41, 5.74) is 0.307. The van der Waals surface area contributed by atoms with Crippen molar-refractivity contribution in [2.75, 3.05) is 18.6 Å². The molecule has 1 aliphatic carbocycles. The second kappa shape index (κ2) is 8.01. The molecule has 1 aromatic carbocycles. The fraction of sp³-hybridized carbons (Fsp3) is 0.455. The van der Waals surface area contributed by atoms with E-state index in [1.807, 2.05) is 0 Å². The number of carbonyl (C=O) groups excluding carboxylic acids is 2. The molecule has 0 radical (unpaired) electrons. The van der Waals surface area contributed by atoms with Crippen molar-refractivity contribution in [3.05, 3.63) is 47.8 Å². The van der Waals surface area contributed by atoms with Crippen molar-refractivity contribution in [1.29, 1.82) is 0 Å². The van der Waals surface area contributed by atoms with E-state index in [9.17, 15) is 14.0 Å². The highest BCUT2D eigenvalue weighted by Gasteiger charge is 2.49. The first kappa shape index (κ1) is 20.3. The summed E-state index contributed by atoms with van der Waals surface area (Å²) in [6.07, 6.45) is 5.26. The summed E-state index contributed by atoms with van der Waals surface area (Å²) in [7, 11) is 1.47. The van der Waals surface area contributed by atoms with Crippen LogP contribution in [0.25, 0.3) is 0 Å². The number of aryl methyl sites for hydroxylation is 1. The lowest BCUT2D eigenvalue weighted by atomic mass is 9.71. The van der Waals surface area contributed by atoms with E-state index in [0.717, 1.165) is 19.3 Å². The zero-order valence-corrected chi connectivity index (χ0v) is 17.2. The van der Waals surface area contributed by atoms with E-state index in [2.05, 4.69) is 15.3 Å². The number of ether oxygens (including phenoxy) is 1. The van der Waals surface area contributed by atoms with Crippen LogP contribution < -0.4 is 15.0 Å². The van der Waals surface area contributed by atoms with Crippen LogP contribution in [0.1, 0.15) is 48.4 Å². The van der Waals surface area contributed by atoms with Gasteiger partial charge in [0.2, 0.25) is 5.91 Å². The van der Waals surface area contributed by atoms with E-state index in [-0.39, 0.29) is 17.9 Å². The number of methoxy groups -OCH3 is 1. The molecule has 7 nitrogen and oxygen atoms in total. The van der Waals surface area contributed by atoms with Gasteiger partial charge in [0.05, 0.1) is 18.2 Å². The summed E-state index contributed by atoms with van der Waals surface area (Å²) in [5.74, 6) is 0.223. The first-order valence-electron chi connectivity index (χ1n) is 10.2. The molecule has 30 heavy (non-hydrogen) atoms. The molecule has 1 saturated heterocycles. The van der Waals surface area contributed by atoms with Gasteiger partial charge in [-0.05, 0) is 44.7 Å². The Bertz CT molecular complexity index is 983. The second-order valence-corrected chi connectivity index (χ2v) is 8.09. The van der Waals surface area contributed by atoms with Gasteiger partial charge in [-0.15, -0.1) is 0 Å². The van der Waals surface area contributed by atoms with Gasteiger partial charge in [-0.2, -0.15) is 0 Å². The highest BCUT2D eigenvalue weighted by Crippen LogP contribution is 2.46. The van der Waals surface area contributed by atoms with E-state index in [0.29, 0.717) is 42.3 Å². The number of hydrogen-bond donors (Lipinski definition) is 1. The Hall–Kier alpha value is -3.03. The van der Waals surface area contributed by atoms with Crippen LogP contribution in [0, 0.1) is 18.2 Å². The van der Waals surface area contributed by atoms with E-state index >= 15 is 0 Å². The second-order valence-electron chi connectivity index (χ2n) is 8.09. The number of nitrogens with one attached hydrogen (secondary N) is 1. The summed E-state index contributed by atoms with van der Waals surface area (Å²) >= 11 is 0. The van der Waals surface area contributed by atoms with Crippen LogP contribution in [0.3, 0.4) is 0 Å². The number of nitrogens with zero attached hydrogens (tertiary/aromatic N) is 3. The highest BCUT2D eigenvalue weighted by molar-refractivity contribution is 6.00. The van der Waals surface area contributed by atoms with Gasteiger partial charge in [0.25, 0.3) is 5.91 Å². The van der Waals surface area contributed by atoms with Crippen LogP contribution in [-0.4, -0.2) is 41.5 Å². The lowest BCUT2D eigenvalue weighted by Gasteiger charge is -2.36. The fourth-order valence-electron chi connectivity index (χ4n) is 4.64. The molecular weight excluding hydrogens is 387 g/mol. The molecule has 2 atom stereocenters. The molecule has 2 heterocycles. The number of carbonyl (C=O) groups is 2. The zero-order chi connectivity index (χ0) is 21.3. The van der Waals surface area contributed by atoms with Crippen LogP contribution >= 0.6 is 0 Å². The molecule has 2 fully saturated rings. The Labute approximate surface area is 174 Å². The number of benzene rings is 1. The Balaban J connectivity index is 1.49. The number of hydrogen-bond acceptors (Lipinski definition) is 5. The molecule has 4 rings (SSSR count). The molecule has 1 spiro atoms.